The summed E-state index contributed by atoms with van der Waals surface area (Å²) < 4.78 is 0. The molecule has 0 saturated heterocycles. The van der Waals surface area contributed by atoms with Crippen molar-refractivity contribution in [1.29, 1.82) is 0 Å². The predicted octanol–water partition coefficient (Wildman–Crippen LogP) is 4.83. The van der Waals surface area contributed by atoms with Crippen molar-refractivity contribution in [2.45, 2.75) is 63.8 Å². The number of benzene rings is 1. The van der Waals surface area contributed by atoms with Crippen LogP contribution in [0.1, 0.15) is 57.9 Å². The van der Waals surface area contributed by atoms with Crippen LogP contribution >= 0.6 is 0 Å². The maximum atomic E-state index is 3.64. The summed E-state index contributed by atoms with van der Waals surface area (Å²) >= 11 is 0. The lowest BCUT2D eigenvalue weighted by atomic mass is 9.66. The average molecular weight is 271 g/mol. The van der Waals surface area contributed by atoms with E-state index in [2.05, 4.69) is 62.6 Å². The van der Waals surface area contributed by atoms with Gasteiger partial charge in [0.2, 0.25) is 0 Å². The molecular formula is C19H29N. The van der Waals surface area contributed by atoms with E-state index in [0.29, 0.717) is 6.04 Å². The fourth-order valence-corrected chi connectivity index (χ4v) is 3.94. The standard InChI is InChI=1S/C19H29N/c1-4-19(5-2,17-14-10-7-11-15-17)18(20-3)16-12-8-6-9-13-16/h7,10-12,14-15,18,20H,4-6,8-9,13H2,1-3H3. The molecule has 1 aromatic rings. The molecule has 0 heterocycles. The zero-order valence-electron chi connectivity index (χ0n) is 13.3. The Labute approximate surface area is 124 Å². The predicted molar refractivity (Wildman–Crippen MR) is 88.1 cm³/mol. The van der Waals surface area contributed by atoms with Crippen LogP contribution in [0, 0.1) is 0 Å². The third kappa shape index (κ3) is 2.83. The SMILES string of the molecule is CCC(CC)(c1ccccc1)C(NC)C1=CCCCC1. The summed E-state index contributed by atoms with van der Waals surface area (Å²) in [7, 11) is 2.13. The van der Waals surface area contributed by atoms with Gasteiger partial charge in [0.15, 0.2) is 0 Å². The van der Waals surface area contributed by atoms with Gasteiger partial charge in [-0.3, -0.25) is 0 Å². The largest absolute Gasteiger partial charge is 0.313 e. The Bertz CT molecular complexity index is 428. The normalized spacial score (nSPS) is 17.6. The molecule has 1 atom stereocenters. The van der Waals surface area contributed by atoms with Crippen LogP contribution < -0.4 is 5.32 Å². The maximum absolute atomic E-state index is 3.64. The molecule has 1 aromatic carbocycles. The summed E-state index contributed by atoms with van der Waals surface area (Å²) in [4.78, 5) is 0. The van der Waals surface area contributed by atoms with Crippen molar-refractivity contribution in [3.63, 3.8) is 0 Å². The fourth-order valence-electron chi connectivity index (χ4n) is 3.94. The van der Waals surface area contributed by atoms with Crippen LogP contribution in [0.4, 0.5) is 0 Å². The average Bonchev–Trinajstić information content (AvgIpc) is 2.54. The smallest absolute Gasteiger partial charge is 0.0374 e. The van der Waals surface area contributed by atoms with Crippen LogP contribution in [0.5, 0.6) is 0 Å². The molecule has 0 aliphatic heterocycles. The van der Waals surface area contributed by atoms with Gasteiger partial charge < -0.3 is 5.32 Å². The minimum Gasteiger partial charge on any atom is -0.313 e. The molecule has 1 aliphatic carbocycles. The first-order chi connectivity index (χ1) is 9.78. The first-order valence-corrected chi connectivity index (χ1v) is 8.20. The van der Waals surface area contributed by atoms with Crippen molar-refractivity contribution in [2.24, 2.45) is 0 Å². The van der Waals surface area contributed by atoms with Gasteiger partial charge in [-0.05, 0) is 51.1 Å². The van der Waals surface area contributed by atoms with E-state index in [1.807, 2.05) is 0 Å². The number of hydrogen-bond acceptors (Lipinski definition) is 1. The number of allylic oxidation sites excluding steroid dienone is 1. The van der Waals surface area contributed by atoms with Crippen LogP contribution in [0.15, 0.2) is 42.0 Å². The first-order valence-electron chi connectivity index (χ1n) is 8.20. The monoisotopic (exact) mass is 271 g/mol. The second kappa shape index (κ2) is 7.08. The molecule has 1 unspecified atom stereocenters. The zero-order valence-corrected chi connectivity index (χ0v) is 13.3. The minimum absolute atomic E-state index is 0.221. The first kappa shape index (κ1) is 15.3. The highest BCUT2D eigenvalue weighted by atomic mass is 14.9. The summed E-state index contributed by atoms with van der Waals surface area (Å²) in [5.41, 5.74) is 3.33. The Morgan fingerprint density at radius 2 is 1.80 bits per heavy atom. The second-order valence-corrected chi connectivity index (χ2v) is 5.98. The van der Waals surface area contributed by atoms with E-state index < -0.39 is 0 Å². The molecule has 0 radical (unpaired) electrons. The Kier molecular flexibility index (Phi) is 5.42. The third-order valence-corrected chi connectivity index (χ3v) is 5.15. The Morgan fingerprint density at radius 3 is 2.30 bits per heavy atom. The maximum Gasteiger partial charge on any atom is 0.0374 e. The number of nitrogens with one attached hydrogen (secondary N) is 1. The van der Waals surface area contributed by atoms with E-state index in [1.165, 1.54) is 44.1 Å². The van der Waals surface area contributed by atoms with Gasteiger partial charge in [0.25, 0.3) is 0 Å². The van der Waals surface area contributed by atoms with Crippen molar-refractivity contribution in [2.75, 3.05) is 7.05 Å². The van der Waals surface area contributed by atoms with Crippen LogP contribution in [0.2, 0.25) is 0 Å². The number of rotatable bonds is 6. The van der Waals surface area contributed by atoms with E-state index in [1.54, 1.807) is 5.57 Å². The molecule has 0 saturated carbocycles. The van der Waals surface area contributed by atoms with Gasteiger partial charge in [-0.2, -0.15) is 0 Å². The molecule has 20 heavy (non-hydrogen) atoms. The van der Waals surface area contributed by atoms with E-state index >= 15 is 0 Å². The summed E-state index contributed by atoms with van der Waals surface area (Å²) in [6.45, 7) is 4.68. The molecule has 1 heteroatoms. The summed E-state index contributed by atoms with van der Waals surface area (Å²) in [5.74, 6) is 0. The minimum atomic E-state index is 0.221. The summed E-state index contributed by atoms with van der Waals surface area (Å²) in [6, 6.07) is 11.6. The van der Waals surface area contributed by atoms with Crippen molar-refractivity contribution < 1.29 is 0 Å². The highest BCUT2D eigenvalue weighted by molar-refractivity contribution is 5.33. The lowest BCUT2D eigenvalue weighted by Gasteiger charge is -2.42. The Hall–Kier alpha value is -1.08. The van der Waals surface area contributed by atoms with E-state index in [0.717, 1.165) is 0 Å². The second-order valence-electron chi connectivity index (χ2n) is 5.98. The quantitative estimate of drug-likeness (QED) is 0.731. The Morgan fingerprint density at radius 1 is 1.10 bits per heavy atom. The molecule has 2 rings (SSSR count). The topological polar surface area (TPSA) is 12.0 Å². The molecule has 1 aliphatic rings. The van der Waals surface area contributed by atoms with Crippen LogP contribution in [0.25, 0.3) is 0 Å². The van der Waals surface area contributed by atoms with Crippen molar-refractivity contribution in [1.82, 2.24) is 5.32 Å². The summed E-state index contributed by atoms with van der Waals surface area (Å²) in [5, 5.41) is 3.64. The van der Waals surface area contributed by atoms with Gasteiger partial charge in [0, 0.05) is 11.5 Å². The number of hydrogen-bond donors (Lipinski definition) is 1. The van der Waals surface area contributed by atoms with E-state index in [-0.39, 0.29) is 5.41 Å². The molecule has 1 N–H and O–H groups in total. The summed E-state index contributed by atoms with van der Waals surface area (Å²) in [6.07, 6.45) is 10.1. The molecule has 0 bridgehead atoms. The van der Waals surface area contributed by atoms with Crippen molar-refractivity contribution in [3.05, 3.63) is 47.5 Å². The molecule has 110 valence electrons. The van der Waals surface area contributed by atoms with Gasteiger partial charge in [-0.15, -0.1) is 0 Å². The number of likely N-dealkylation sites (N-methyl/N-ethyl adjacent to an activating group) is 1. The zero-order chi connectivity index (χ0) is 14.4. The third-order valence-electron chi connectivity index (χ3n) is 5.15. The van der Waals surface area contributed by atoms with E-state index in [4.69, 9.17) is 0 Å². The van der Waals surface area contributed by atoms with Gasteiger partial charge >= 0.3 is 0 Å². The fraction of sp³-hybridized carbons (Fsp3) is 0.579. The van der Waals surface area contributed by atoms with Crippen LogP contribution in [-0.2, 0) is 5.41 Å². The van der Waals surface area contributed by atoms with Crippen LogP contribution in [-0.4, -0.2) is 13.1 Å². The molecule has 0 spiro atoms. The van der Waals surface area contributed by atoms with Crippen molar-refractivity contribution in [3.8, 4) is 0 Å². The lowest BCUT2D eigenvalue weighted by Crippen LogP contribution is -2.48. The van der Waals surface area contributed by atoms with Gasteiger partial charge in [-0.1, -0.05) is 55.8 Å². The van der Waals surface area contributed by atoms with E-state index in [9.17, 15) is 0 Å². The van der Waals surface area contributed by atoms with Crippen molar-refractivity contribution >= 4 is 0 Å². The lowest BCUT2D eigenvalue weighted by molar-refractivity contribution is 0.304. The molecule has 1 nitrogen and oxygen atoms in total. The van der Waals surface area contributed by atoms with Gasteiger partial charge in [-0.25, -0.2) is 0 Å². The molecule has 0 aromatic heterocycles. The molecule has 0 amide bonds. The Balaban J connectivity index is 2.42. The van der Waals surface area contributed by atoms with Crippen LogP contribution in [0.3, 0.4) is 0 Å². The highest BCUT2D eigenvalue weighted by Gasteiger charge is 2.38. The van der Waals surface area contributed by atoms with Gasteiger partial charge in [0.1, 0.15) is 0 Å². The molecule has 0 fully saturated rings. The van der Waals surface area contributed by atoms with Gasteiger partial charge in [0.05, 0.1) is 0 Å². The molecular weight excluding hydrogens is 242 g/mol. The highest BCUT2D eigenvalue weighted by Crippen LogP contribution is 2.40.